The second-order valence-electron chi connectivity index (χ2n) is 5.64. The molecule has 116 valence electrons. The van der Waals surface area contributed by atoms with Crippen molar-refractivity contribution in [1.29, 1.82) is 0 Å². The third kappa shape index (κ3) is 5.00. The molecule has 0 aromatic heterocycles. The SMILES string of the molecule is CCN(CCCN(C)C)C(=O)N1CCC[C@@H](C(=O)O)C1. The van der Waals surface area contributed by atoms with Crippen LogP contribution in [0.5, 0.6) is 0 Å². The number of hydrogen-bond donors (Lipinski definition) is 1. The molecule has 1 aliphatic heterocycles. The third-order valence-electron chi connectivity index (χ3n) is 3.73. The van der Waals surface area contributed by atoms with E-state index >= 15 is 0 Å². The highest BCUT2D eigenvalue weighted by Gasteiger charge is 2.29. The number of carboxylic acids is 1. The molecule has 1 saturated heterocycles. The lowest BCUT2D eigenvalue weighted by molar-refractivity contribution is -0.143. The van der Waals surface area contributed by atoms with Crippen LogP contribution in [-0.2, 0) is 4.79 Å². The number of aliphatic carboxylic acids is 1. The highest BCUT2D eigenvalue weighted by molar-refractivity contribution is 5.76. The molecule has 1 N–H and O–H groups in total. The molecule has 6 nitrogen and oxygen atoms in total. The minimum atomic E-state index is -0.793. The van der Waals surface area contributed by atoms with E-state index in [4.69, 9.17) is 5.11 Å². The lowest BCUT2D eigenvalue weighted by atomic mass is 9.98. The van der Waals surface area contributed by atoms with Crippen LogP contribution in [-0.4, -0.2) is 78.6 Å². The molecule has 0 aromatic carbocycles. The Bertz CT molecular complexity index is 334. The Morgan fingerprint density at radius 2 is 2.00 bits per heavy atom. The highest BCUT2D eigenvalue weighted by atomic mass is 16.4. The molecule has 6 heteroatoms. The van der Waals surface area contributed by atoms with Crippen molar-refractivity contribution in [2.45, 2.75) is 26.2 Å². The molecule has 2 amide bonds. The number of carbonyl (C=O) groups excluding carboxylic acids is 1. The fraction of sp³-hybridized carbons (Fsp3) is 0.857. The summed E-state index contributed by atoms with van der Waals surface area (Å²) >= 11 is 0. The van der Waals surface area contributed by atoms with Gasteiger partial charge in [-0.2, -0.15) is 0 Å². The first kappa shape index (κ1) is 16.8. The monoisotopic (exact) mass is 285 g/mol. The van der Waals surface area contributed by atoms with Crippen LogP contribution in [0.1, 0.15) is 26.2 Å². The van der Waals surface area contributed by atoms with Crippen LogP contribution in [0.25, 0.3) is 0 Å². The quantitative estimate of drug-likeness (QED) is 0.796. The lowest BCUT2D eigenvalue weighted by Crippen LogP contribution is -2.49. The first-order chi connectivity index (χ1) is 9.45. The summed E-state index contributed by atoms with van der Waals surface area (Å²) in [5.41, 5.74) is 0. The van der Waals surface area contributed by atoms with Crippen molar-refractivity contribution in [3.63, 3.8) is 0 Å². The predicted molar refractivity (Wildman–Crippen MR) is 77.7 cm³/mol. The van der Waals surface area contributed by atoms with Gasteiger partial charge in [0.05, 0.1) is 5.92 Å². The van der Waals surface area contributed by atoms with E-state index in [0.29, 0.717) is 26.1 Å². The topological polar surface area (TPSA) is 64.1 Å². The molecule has 1 rings (SSSR count). The summed E-state index contributed by atoms with van der Waals surface area (Å²) in [4.78, 5) is 29.1. The number of likely N-dealkylation sites (tertiary alicyclic amines) is 1. The van der Waals surface area contributed by atoms with Crippen molar-refractivity contribution in [2.24, 2.45) is 5.92 Å². The number of carbonyl (C=O) groups is 2. The van der Waals surface area contributed by atoms with E-state index in [0.717, 1.165) is 25.9 Å². The Kier molecular flexibility index (Phi) is 6.78. The van der Waals surface area contributed by atoms with Gasteiger partial charge in [-0.25, -0.2) is 4.79 Å². The molecule has 0 aliphatic carbocycles. The number of rotatable bonds is 6. The average Bonchev–Trinajstić information content (AvgIpc) is 2.42. The molecule has 1 heterocycles. The zero-order valence-corrected chi connectivity index (χ0v) is 12.8. The number of hydrogen-bond acceptors (Lipinski definition) is 3. The van der Waals surface area contributed by atoms with Gasteiger partial charge in [0, 0.05) is 26.2 Å². The van der Waals surface area contributed by atoms with Crippen LogP contribution in [0.15, 0.2) is 0 Å². The van der Waals surface area contributed by atoms with Crippen molar-refractivity contribution in [1.82, 2.24) is 14.7 Å². The van der Waals surface area contributed by atoms with Gasteiger partial charge in [0.25, 0.3) is 0 Å². The average molecular weight is 285 g/mol. The summed E-state index contributed by atoms with van der Waals surface area (Å²) in [6.45, 7) is 5.32. The minimum Gasteiger partial charge on any atom is -0.481 e. The molecule has 0 bridgehead atoms. The molecule has 0 aromatic rings. The molecule has 1 atom stereocenters. The number of urea groups is 1. The zero-order valence-electron chi connectivity index (χ0n) is 12.8. The molecular weight excluding hydrogens is 258 g/mol. The van der Waals surface area contributed by atoms with Gasteiger partial charge in [-0.05, 0) is 46.8 Å². The minimum absolute atomic E-state index is 0.0165. The van der Waals surface area contributed by atoms with E-state index in [1.54, 1.807) is 4.90 Å². The maximum Gasteiger partial charge on any atom is 0.320 e. The van der Waals surface area contributed by atoms with E-state index in [9.17, 15) is 9.59 Å². The number of nitrogens with zero attached hydrogens (tertiary/aromatic N) is 3. The molecular formula is C14H27N3O3. The Morgan fingerprint density at radius 1 is 1.30 bits per heavy atom. The maximum absolute atomic E-state index is 12.4. The second kappa shape index (κ2) is 8.09. The molecule has 1 fully saturated rings. The number of carboxylic acid groups (broad SMARTS) is 1. The van der Waals surface area contributed by atoms with Gasteiger partial charge in [-0.3, -0.25) is 4.79 Å². The van der Waals surface area contributed by atoms with E-state index in [1.807, 2.05) is 25.9 Å². The summed E-state index contributed by atoms with van der Waals surface area (Å²) < 4.78 is 0. The summed E-state index contributed by atoms with van der Waals surface area (Å²) in [5, 5.41) is 9.08. The normalized spacial score (nSPS) is 19.2. The second-order valence-corrected chi connectivity index (χ2v) is 5.64. The molecule has 0 radical (unpaired) electrons. The standard InChI is InChI=1S/C14H27N3O3/c1-4-16(10-6-8-15(2)3)14(20)17-9-5-7-12(11-17)13(18)19/h12H,4-11H2,1-3H3,(H,18,19)/t12-/m1/s1. The van der Waals surface area contributed by atoms with Gasteiger partial charge in [-0.1, -0.05) is 0 Å². The fourth-order valence-electron chi connectivity index (χ4n) is 2.52. The van der Waals surface area contributed by atoms with Gasteiger partial charge in [0.15, 0.2) is 0 Å². The van der Waals surface area contributed by atoms with Crippen molar-refractivity contribution in [3.8, 4) is 0 Å². The van der Waals surface area contributed by atoms with Gasteiger partial charge in [0.1, 0.15) is 0 Å². The fourth-order valence-corrected chi connectivity index (χ4v) is 2.52. The third-order valence-corrected chi connectivity index (χ3v) is 3.73. The van der Waals surface area contributed by atoms with Crippen molar-refractivity contribution >= 4 is 12.0 Å². The summed E-state index contributed by atoms with van der Waals surface area (Å²) in [7, 11) is 4.03. The van der Waals surface area contributed by atoms with Crippen LogP contribution < -0.4 is 0 Å². The highest BCUT2D eigenvalue weighted by Crippen LogP contribution is 2.18. The van der Waals surface area contributed by atoms with Gasteiger partial charge in [-0.15, -0.1) is 0 Å². The van der Waals surface area contributed by atoms with Crippen molar-refractivity contribution in [2.75, 3.05) is 46.8 Å². The van der Waals surface area contributed by atoms with Crippen molar-refractivity contribution in [3.05, 3.63) is 0 Å². The predicted octanol–water partition coefficient (Wildman–Crippen LogP) is 1.18. The van der Waals surface area contributed by atoms with Crippen LogP contribution in [0.4, 0.5) is 4.79 Å². The lowest BCUT2D eigenvalue weighted by Gasteiger charge is -2.35. The zero-order chi connectivity index (χ0) is 15.1. The van der Waals surface area contributed by atoms with Crippen molar-refractivity contribution < 1.29 is 14.7 Å². The van der Waals surface area contributed by atoms with Crippen LogP contribution in [0.3, 0.4) is 0 Å². The Morgan fingerprint density at radius 3 is 2.55 bits per heavy atom. The first-order valence-electron chi connectivity index (χ1n) is 7.37. The molecule has 1 aliphatic rings. The van der Waals surface area contributed by atoms with Crippen LogP contribution in [0, 0.1) is 5.92 Å². The molecule has 20 heavy (non-hydrogen) atoms. The summed E-state index contributed by atoms with van der Waals surface area (Å²) in [5.74, 6) is -1.20. The molecule has 0 saturated carbocycles. The van der Waals surface area contributed by atoms with E-state index in [-0.39, 0.29) is 6.03 Å². The van der Waals surface area contributed by atoms with Gasteiger partial charge < -0.3 is 19.8 Å². The Hall–Kier alpha value is -1.30. The van der Waals surface area contributed by atoms with E-state index in [2.05, 4.69) is 4.90 Å². The summed E-state index contributed by atoms with van der Waals surface area (Å²) in [6.07, 6.45) is 2.38. The van der Waals surface area contributed by atoms with E-state index < -0.39 is 11.9 Å². The number of amides is 2. The van der Waals surface area contributed by atoms with Gasteiger partial charge in [0.2, 0.25) is 0 Å². The Labute approximate surface area is 121 Å². The number of piperidine rings is 1. The van der Waals surface area contributed by atoms with Gasteiger partial charge >= 0.3 is 12.0 Å². The largest absolute Gasteiger partial charge is 0.481 e. The smallest absolute Gasteiger partial charge is 0.320 e. The van der Waals surface area contributed by atoms with Crippen LogP contribution in [0.2, 0.25) is 0 Å². The molecule has 0 unspecified atom stereocenters. The maximum atomic E-state index is 12.4. The van der Waals surface area contributed by atoms with E-state index in [1.165, 1.54) is 0 Å². The Balaban J connectivity index is 2.50. The summed E-state index contributed by atoms with van der Waals surface area (Å²) in [6, 6.07) is -0.0165. The van der Waals surface area contributed by atoms with Crippen LogP contribution >= 0.6 is 0 Å². The molecule has 0 spiro atoms. The first-order valence-corrected chi connectivity index (χ1v) is 7.37.